The minimum absolute atomic E-state index is 0.0271. The number of halogens is 1. The van der Waals surface area contributed by atoms with Crippen molar-refractivity contribution in [1.82, 2.24) is 15.0 Å². The summed E-state index contributed by atoms with van der Waals surface area (Å²) in [5, 5.41) is 7.14. The highest BCUT2D eigenvalue weighted by molar-refractivity contribution is 9.10. The van der Waals surface area contributed by atoms with Crippen LogP contribution in [0.15, 0.2) is 57.5 Å². The van der Waals surface area contributed by atoms with Gasteiger partial charge in [-0.05, 0) is 62.7 Å². The predicted molar refractivity (Wildman–Crippen MR) is 132 cm³/mol. The zero-order chi connectivity index (χ0) is 23.5. The fraction of sp³-hybridized carbons (Fsp3) is 0.360. The van der Waals surface area contributed by atoms with Crippen LogP contribution >= 0.6 is 15.9 Å². The van der Waals surface area contributed by atoms with Gasteiger partial charge in [0.1, 0.15) is 0 Å². The fourth-order valence-corrected chi connectivity index (χ4v) is 4.92. The van der Waals surface area contributed by atoms with E-state index >= 15 is 0 Å². The van der Waals surface area contributed by atoms with Crippen molar-refractivity contribution in [2.24, 2.45) is 5.92 Å². The van der Waals surface area contributed by atoms with E-state index in [1.807, 2.05) is 48.5 Å². The SMILES string of the molecule is O=C(Nc1cccc(N2CCCC2=O)c1)C1CCN(Cc2nc(-c3cccc(Br)c3)no2)CC1. The van der Waals surface area contributed by atoms with Crippen molar-refractivity contribution in [3.05, 3.63) is 58.9 Å². The number of benzene rings is 2. The maximum atomic E-state index is 12.9. The molecule has 8 nitrogen and oxygen atoms in total. The topological polar surface area (TPSA) is 91.6 Å². The van der Waals surface area contributed by atoms with E-state index in [1.54, 1.807) is 4.90 Å². The lowest BCUT2D eigenvalue weighted by Gasteiger charge is -2.30. The molecule has 1 aromatic heterocycles. The number of hydrogen-bond acceptors (Lipinski definition) is 6. The van der Waals surface area contributed by atoms with Crippen LogP contribution in [-0.4, -0.2) is 46.5 Å². The number of hydrogen-bond donors (Lipinski definition) is 1. The molecule has 34 heavy (non-hydrogen) atoms. The summed E-state index contributed by atoms with van der Waals surface area (Å²) in [5.41, 5.74) is 2.48. The molecule has 1 N–H and O–H groups in total. The van der Waals surface area contributed by atoms with Crippen LogP contribution < -0.4 is 10.2 Å². The first kappa shape index (κ1) is 22.7. The Morgan fingerprint density at radius 3 is 2.71 bits per heavy atom. The third-order valence-electron chi connectivity index (χ3n) is 6.37. The lowest BCUT2D eigenvalue weighted by atomic mass is 9.96. The van der Waals surface area contributed by atoms with E-state index in [9.17, 15) is 9.59 Å². The average molecular weight is 524 g/mol. The number of carbonyl (C=O) groups is 2. The summed E-state index contributed by atoms with van der Waals surface area (Å²) in [6.45, 7) is 2.88. The highest BCUT2D eigenvalue weighted by Crippen LogP contribution is 2.26. The molecule has 176 valence electrons. The van der Waals surface area contributed by atoms with Crippen molar-refractivity contribution in [2.75, 3.05) is 29.9 Å². The molecule has 0 aliphatic carbocycles. The summed E-state index contributed by atoms with van der Waals surface area (Å²) in [5.74, 6) is 1.27. The summed E-state index contributed by atoms with van der Waals surface area (Å²) in [4.78, 5) is 33.4. The van der Waals surface area contributed by atoms with Crippen molar-refractivity contribution < 1.29 is 14.1 Å². The lowest BCUT2D eigenvalue weighted by Crippen LogP contribution is -2.37. The van der Waals surface area contributed by atoms with Crippen LogP contribution in [0.4, 0.5) is 11.4 Å². The smallest absolute Gasteiger partial charge is 0.241 e. The largest absolute Gasteiger partial charge is 0.338 e. The molecule has 9 heteroatoms. The molecule has 5 rings (SSSR count). The number of likely N-dealkylation sites (tertiary alicyclic amines) is 1. The van der Waals surface area contributed by atoms with Gasteiger partial charge in [0.15, 0.2) is 0 Å². The van der Waals surface area contributed by atoms with Gasteiger partial charge in [0, 0.05) is 40.3 Å². The molecule has 0 bridgehead atoms. The second kappa shape index (κ2) is 10.1. The second-order valence-corrected chi connectivity index (χ2v) is 9.68. The molecular weight excluding hydrogens is 498 g/mol. The first-order valence-corrected chi connectivity index (χ1v) is 12.4. The third kappa shape index (κ3) is 5.20. The Kier molecular flexibility index (Phi) is 6.73. The molecule has 0 atom stereocenters. The van der Waals surface area contributed by atoms with Gasteiger partial charge in [-0.2, -0.15) is 4.98 Å². The number of carbonyl (C=O) groups excluding carboxylic acids is 2. The van der Waals surface area contributed by atoms with Crippen LogP contribution in [0.5, 0.6) is 0 Å². The summed E-state index contributed by atoms with van der Waals surface area (Å²) in [7, 11) is 0. The van der Waals surface area contributed by atoms with Gasteiger partial charge in [0.2, 0.25) is 23.5 Å². The van der Waals surface area contributed by atoms with Crippen LogP contribution in [0.1, 0.15) is 31.6 Å². The van der Waals surface area contributed by atoms with E-state index in [2.05, 4.69) is 36.3 Å². The molecule has 0 saturated carbocycles. The van der Waals surface area contributed by atoms with Crippen LogP contribution in [-0.2, 0) is 16.1 Å². The fourth-order valence-electron chi connectivity index (χ4n) is 4.53. The quantitative estimate of drug-likeness (QED) is 0.512. The van der Waals surface area contributed by atoms with Gasteiger partial charge in [0.25, 0.3) is 0 Å². The monoisotopic (exact) mass is 523 g/mol. The molecule has 2 aliphatic rings. The number of rotatable bonds is 6. The Morgan fingerprint density at radius 1 is 1.12 bits per heavy atom. The van der Waals surface area contributed by atoms with Crippen molar-refractivity contribution in [2.45, 2.75) is 32.2 Å². The summed E-state index contributed by atoms with van der Waals surface area (Å²) in [6, 6.07) is 15.3. The molecule has 2 amide bonds. The maximum Gasteiger partial charge on any atom is 0.241 e. The predicted octanol–water partition coefficient (Wildman–Crippen LogP) is 4.48. The Labute approximate surface area is 206 Å². The highest BCUT2D eigenvalue weighted by Gasteiger charge is 2.27. The molecule has 2 aliphatic heterocycles. The van der Waals surface area contributed by atoms with E-state index in [0.29, 0.717) is 24.7 Å². The lowest BCUT2D eigenvalue weighted by molar-refractivity contribution is -0.121. The molecule has 0 spiro atoms. The minimum Gasteiger partial charge on any atom is -0.338 e. The highest BCUT2D eigenvalue weighted by atomic mass is 79.9. The van der Waals surface area contributed by atoms with Crippen molar-refractivity contribution in [3.63, 3.8) is 0 Å². The van der Waals surface area contributed by atoms with Gasteiger partial charge >= 0.3 is 0 Å². The van der Waals surface area contributed by atoms with Gasteiger partial charge in [-0.25, -0.2) is 0 Å². The molecule has 0 radical (unpaired) electrons. The van der Waals surface area contributed by atoms with E-state index in [4.69, 9.17) is 4.52 Å². The molecule has 3 aromatic rings. The summed E-state index contributed by atoms with van der Waals surface area (Å²) in [6.07, 6.45) is 3.00. The third-order valence-corrected chi connectivity index (χ3v) is 6.86. The van der Waals surface area contributed by atoms with Gasteiger partial charge in [-0.3, -0.25) is 14.5 Å². The number of amides is 2. The zero-order valence-corrected chi connectivity index (χ0v) is 20.3. The Balaban J connectivity index is 1.13. The summed E-state index contributed by atoms with van der Waals surface area (Å²) >= 11 is 3.46. The van der Waals surface area contributed by atoms with Crippen molar-refractivity contribution >= 4 is 39.1 Å². The Bertz CT molecular complexity index is 1190. The maximum absolute atomic E-state index is 12.9. The zero-order valence-electron chi connectivity index (χ0n) is 18.7. The van der Waals surface area contributed by atoms with Gasteiger partial charge in [-0.1, -0.05) is 39.3 Å². The minimum atomic E-state index is -0.0479. The molecule has 3 heterocycles. The van der Waals surface area contributed by atoms with Crippen LogP contribution in [0.3, 0.4) is 0 Å². The van der Waals surface area contributed by atoms with Gasteiger partial charge in [0.05, 0.1) is 6.54 Å². The van der Waals surface area contributed by atoms with E-state index in [0.717, 1.165) is 60.3 Å². The van der Waals surface area contributed by atoms with Crippen LogP contribution in [0.25, 0.3) is 11.4 Å². The van der Waals surface area contributed by atoms with Crippen LogP contribution in [0, 0.1) is 5.92 Å². The molecule has 0 unspecified atom stereocenters. The number of anilines is 2. The average Bonchev–Trinajstić information content (AvgIpc) is 3.49. The van der Waals surface area contributed by atoms with Crippen molar-refractivity contribution in [1.29, 1.82) is 0 Å². The van der Waals surface area contributed by atoms with E-state index in [1.165, 1.54) is 0 Å². The second-order valence-electron chi connectivity index (χ2n) is 8.76. The standard InChI is InChI=1S/C25H26BrN5O3/c26-19-5-1-4-18(14-19)24-28-22(34-29-24)16-30-12-9-17(10-13-30)25(33)27-20-6-2-7-21(15-20)31-11-3-8-23(31)32/h1-2,4-7,14-15,17H,3,8-13,16H2,(H,27,33). The number of aromatic nitrogens is 2. The molecule has 2 aromatic carbocycles. The molecule has 2 fully saturated rings. The van der Waals surface area contributed by atoms with E-state index in [-0.39, 0.29) is 17.7 Å². The normalized spacial score (nSPS) is 17.3. The first-order chi connectivity index (χ1) is 16.5. The molecule has 2 saturated heterocycles. The van der Waals surface area contributed by atoms with Gasteiger partial charge < -0.3 is 14.7 Å². The first-order valence-electron chi connectivity index (χ1n) is 11.6. The van der Waals surface area contributed by atoms with Gasteiger partial charge in [-0.15, -0.1) is 0 Å². The number of nitrogens with one attached hydrogen (secondary N) is 1. The number of piperidine rings is 1. The molecular formula is C25H26BrN5O3. The number of nitrogens with zero attached hydrogens (tertiary/aromatic N) is 4. The van der Waals surface area contributed by atoms with E-state index < -0.39 is 0 Å². The Hall–Kier alpha value is -3.04. The Morgan fingerprint density at radius 2 is 1.94 bits per heavy atom. The van der Waals surface area contributed by atoms with Crippen molar-refractivity contribution in [3.8, 4) is 11.4 Å². The summed E-state index contributed by atoms with van der Waals surface area (Å²) < 4.78 is 6.42. The van der Waals surface area contributed by atoms with Crippen LogP contribution in [0.2, 0.25) is 0 Å².